The molecule has 0 bridgehead atoms. The Kier molecular flexibility index (Phi) is 8.04. The molecule has 10 heteroatoms. The molecule has 0 spiro atoms. The van der Waals surface area contributed by atoms with Crippen molar-refractivity contribution in [3.63, 3.8) is 0 Å². The molecule has 1 aromatic heterocycles. The van der Waals surface area contributed by atoms with E-state index in [2.05, 4.69) is 15.0 Å². The fraction of sp³-hybridized carbons (Fsp3) is 0.385. The molecule has 2 aromatic carbocycles. The first-order valence-electron chi connectivity index (χ1n) is 12.1. The number of benzene rings is 2. The van der Waals surface area contributed by atoms with Crippen LogP contribution in [0.3, 0.4) is 0 Å². The Hall–Kier alpha value is -3.66. The van der Waals surface area contributed by atoms with Crippen molar-refractivity contribution < 1.29 is 22.9 Å². The summed E-state index contributed by atoms with van der Waals surface area (Å²) in [6.07, 6.45) is 0.616. The first-order valence-corrected chi connectivity index (χ1v) is 12.1. The average molecular weight is 498 g/mol. The van der Waals surface area contributed by atoms with Gasteiger partial charge in [0.1, 0.15) is 11.6 Å². The summed E-state index contributed by atoms with van der Waals surface area (Å²) in [5, 5.41) is 4.06. The van der Waals surface area contributed by atoms with E-state index in [1.165, 1.54) is 9.80 Å². The summed E-state index contributed by atoms with van der Waals surface area (Å²) < 4.78 is 35.0. The van der Waals surface area contributed by atoms with E-state index in [9.17, 15) is 18.4 Å². The third-order valence-electron chi connectivity index (χ3n) is 6.31. The molecule has 2 amide bonds. The van der Waals surface area contributed by atoms with Gasteiger partial charge in [-0.15, -0.1) is 0 Å². The number of nitrogens with zero attached hydrogens (tertiary/aromatic N) is 5. The molecule has 1 aliphatic rings. The van der Waals surface area contributed by atoms with E-state index in [1.54, 1.807) is 13.8 Å². The number of amides is 2. The molecule has 0 N–H and O–H groups in total. The Morgan fingerprint density at radius 3 is 2.33 bits per heavy atom. The van der Waals surface area contributed by atoms with Crippen LogP contribution in [0.4, 0.5) is 8.78 Å². The Labute approximate surface area is 208 Å². The quantitative estimate of drug-likeness (QED) is 0.493. The molecule has 1 aliphatic heterocycles. The highest BCUT2D eigenvalue weighted by atomic mass is 19.1. The molecule has 190 valence electrons. The number of rotatable bonds is 7. The smallest absolute Gasteiger partial charge is 0.257 e. The lowest BCUT2D eigenvalue weighted by Gasteiger charge is -2.25. The van der Waals surface area contributed by atoms with Gasteiger partial charge in [-0.2, -0.15) is 4.98 Å². The van der Waals surface area contributed by atoms with Crippen molar-refractivity contribution in [2.45, 2.75) is 26.8 Å². The first-order chi connectivity index (χ1) is 17.4. The average Bonchev–Trinajstić information content (AvgIpc) is 3.23. The molecule has 0 unspecified atom stereocenters. The molecule has 4 rings (SSSR count). The highest BCUT2D eigenvalue weighted by molar-refractivity contribution is 6.07. The predicted molar refractivity (Wildman–Crippen MR) is 129 cm³/mol. The normalized spacial score (nSPS) is 14.5. The van der Waals surface area contributed by atoms with E-state index in [4.69, 9.17) is 4.52 Å². The van der Waals surface area contributed by atoms with Gasteiger partial charge in [0.2, 0.25) is 0 Å². The number of halogens is 2. The number of aromatic nitrogens is 2. The van der Waals surface area contributed by atoms with Gasteiger partial charge >= 0.3 is 0 Å². The fourth-order valence-electron chi connectivity index (χ4n) is 4.35. The van der Waals surface area contributed by atoms with Gasteiger partial charge in [0, 0.05) is 44.8 Å². The van der Waals surface area contributed by atoms with Gasteiger partial charge in [0.25, 0.3) is 17.7 Å². The molecule has 36 heavy (non-hydrogen) atoms. The van der Waals surface area contributed by atoms with Crippen LogP contribution in [0.1, 0.15) is 46.8 Å². The van der Waals surface area contributed by atoms with Crippen LogP contribution in [0.15, 0.2) is 47.0 Å². The lowest BCUT2D eigenvalue weighted by atomic mass is 10.0. The Bertz CT molecular complexity index is 1210. The molecule has 0 atom stereocenters. The van der Waals surface area contributed by atoms with E-state index < -0.39 is 34.6 Å². The number of carbonyl (C=O) groups excluding carboxylic acids is 2. The summed E-state index contributed by atoms with van der Waals surface area (Å²) in [6.45, 7) is 6.35. The Balaban J connectivity index is 1.47. The van der Waals surface area contributed by atoms with Crippen LogP contribution in [0.2, 0.25) is 0 Å². The van der Waals surface area contributed by atoms with Gasteiger partial charge in [0.05, 0.1) is 17.7 Å². The van der Waals surface area contributed by atoms with Gasteiger partial charge in [-0.05, 0) is 44.5 Å². The Morgan fingerprint density at radius 1 is 0.944 bits per heavy atom. The van der Waals surface area contributed by atoms with E-state index in [-0.39, 0.29) is 6.54 Å². The maximum atomic E-state index is 14.9. The second kappa shape index (κ2) is 11.4. The van der Waals surface area contributed by atoms with E-state index in [0.29, 0.717) is 57.4 Å². The largest absolute Gasteiger partial charge is 0.339 e. The SMILES string of the molecule is CCN(CC)C(=O)c1c(F)ccc(F)c1C(=O)N1CCCN(Cc2noc(-c3ccccc3)n2)CC1. The molecule has 0 saturated carbocycles. The fourth-order valence-corrected chi connectivity index (χ4v) is 4.35. The van der Waals surface area contributed by atoms with Crippen molar-refractivity contribution in [3.05, 3.63) is 71.1 Å². The minimum Gasteiger partial charge on any atom is -0.339 e. The van der Waals surface area contributed by atoms with Crippen LogP contribution in [0.25, 0.3) is 11.5 Å². The van der Waals surface area contributed by atoms with Gasteiger partial charge in [-0.25, -0.2) is 8.78 Å². The topological polar surface area (TPSA) is 82.8 Å². The molecular weight excluding hydrogens is 468 g/mol. The summed E-state index contributed by atoms with van der Waals surface area (Å²) >= 11 is 0. The molecule has 1 saturated heterocycles. The van der Waals surface area contributed by atoms with Crippen molar-refractivity contribution >= 4 is 11.8 Å². The third kappa shape index (κ3) is 5.43. The highest BCUT2D eigenvalue weighted by Crippen LogP contribution is 2.23. The first kappa shape index (κ1) is 25.4. The lowest BCUT2D eigenvalue weighted by Crippen LogP contribution is -2.38. The molecule has 3 aromatic rings. The molecule has 1 fully saturated rings. The van der Waals surface area contributed by atoms with Gasteiger partial charge in [-0.3, -0.25) is 14.5 Å². The van der Waals surface area contributed by atoms with Crippen LogP contribution in [0.5, 0.6) is 0 Å². The van der Waals surface area contributed by atoms with Gasteiger partial charge in [-0.1, -0.05) is 23.4 Å². The molecule has 8 nitrogen and oxygen atoms in total. The van der Waals surface area contributed by atoms with Crippen molar-refractivity contribution in [1.29, 1.82) is 0 Å². The molecule has 2 heterocycles. The van der Waals surface area contributed by atoms with Gasteiger partial charge < -0.3 is 14.3 Å². The van der Waals surface area contributed by atoms with Crippen molar-refractivity contribution in [2.75, 3.05) is 39.3 Å². The second-order valence-corrected chi connectivity index (χ2v) is 8.56. The summed E-state index contributed by atoms with van der Waals surface area (Å²) in [4.78, 5) is 35.7. The van der Waals surface area contributed by atoms with Crippen LogP contribution in [0, 0.1) is 11.6 Å². The molecular formula is C26H29F2N5O3. The lowest BCUT2D eigenvalue weighted by molar-refractivity contribution is 0.0719. The minimum atomic E-state index is -0.904. The Morgan fingerprint density at radius 2 is 1.64 bits per heavy atom. The zero-order chi connectivity index (χ0) is 25.7. The molecule has 0 radical (unpaired) electrons. The summed E-state index contributed by atoms with van der Waals surface area (Å²) in [7, 11) is 0. The summed E-state index contributed by atoms with van der Waals surface area (Å²) in [5.74, 6) is -2.22. The zero-order valence-corrected chi connectivity index (χ0v) is 20.4. The maximum absolute atomic E-state index is 14.9. The molecule has 0 aliphatic carbocycles. The highest BCUT2D eigenvalue weighted by Gasteiger charge is 2.31. The third-order valence-corrected chi connectivity index (χ3v) is 6.31. The van der Waals surface area contributed by atoms with E-state index in [0.717, 1.165) is 17.7 Å². The zero-order valence-electron chi connectivity index (χ0n) is 20.4. The van der Waals surface area contributed by atoms with E-state index >= 15 is 0 Å². The van der Waals surface area contributed by atoms with Crippen molar-refractivity contribution in [3.8, 4) is 11.5 Å². The number of hydrogen-bond acceptors (Lipinski definition) is 6. The van der Waals surface area contributed by atoms with Crippen LogP contribution in [-0.2, 0) is 6.54 Å². The summed E-state index contributed by atoms with van der Waals surface area (Å²) in [6, 6.07) is 11.2. The van der Waals surface area contributed by atoms with Crippen LogP contribution >= 0.6 is 0 Å². The second-order valence-electron chi connectivity index (χ2n) is 8.56. The standard InChI is InChI=1S/C26H29F2N5O3/c1-3-32(4-2)25(34)22-19(27)11-12-20(28)23(22)26(35)33-14-8-13-31(15-16-33)17-21-29-24(36-30-21)18-9-6-5-7-10-18/h5-7,9-12H,3-4,8,13-17H2,1-2H3. The van der Waals surface area contributed by atoms with Gasteiger partial charge in [0.15, 0.2) is 5.82 Å². The predicted octanol–water partition coefficient (Wildman–Crippen LogP) is 3.84. The number of carbonyl (C=O) groups is 2. The monoisotopic (exact) mass is 497 g/mol. The maximum Gasteiger partial charge on any atom is 0.257 e. The summed E-state index contributed by atoms with van der Waals surface area (Å²) in [5.41, 5.74) is -0.188. The van der Waals surface area contributed by atoms with Crippen molar-refractivity contribution in [1.82, 2.24) is 24.8 Å². The minimum absolute atomic E-state index is 0.289. The van der Waals surface area contributed by atoms with Crippen molar-refractivity contribution in [2.24, 2.45) is 0 Å². The van der Waals surface area contributed by atoms with E-state index in [1.807, 2.05) is 30.3 Å². The van der Waals surface area contributed by atoms with Crippen LogP contribution < -0.4 is 0 Å². The van der Waals surface area contributed by atoms with Crippen LogP contribution in [-0.4, -0.2) is 75.9 Å². The number of hydrogen-bond donors (Lipinski definition) is 0.